The molecule has 1 aliphatic heterocycles. The summed E-state index contributed by atoms with van der Waals surface area (Å²) >= 11 is 3.04. The number of carbonyl (C=O) groups is 3. The number of nitrogens with zero attached hydrogens (tertiary/aromatic N) is 1. The van der Waals surface area contributed by atoms with Crippen LogP contribution < -0.4 is 9.47 Å². The molecule has 2 aromatic carbocycles. The third-order valence-corrected chi connectivity index (χ3v) is 6.77. The zero-order valence-corrected chi connectivity index (χ0v) is 22.7. The zero-order chi connectivity index (χ0) is 25.5. The highest BCUT2D eigenvalue weighted by Gasteiger charge is 2.41. The molecule has 0 radical (unpaired) electrons. The van der Waals surface area contributed by atoms with E-state index in [4.69, 9.17) is 14.2 Å². The smallest absolute Gasteiger partial charge is 0.329 e. The Labute approximate surface area is 222 Å². The summed E-state index contributed by atoms with van der Waals surface area (Å²) in [6.45, 7) is 7.50. The normalized spacial score (nSPS) is 15.3. The predicted octanol–water partition coefficient (Wildman–Crippen LogP) is 5.60. The van der Waals surface area contributed by atoms with Gasteiger partial charge in [0, 0.05) is 9.13 Å². The van der Waals surface area contributed by atoms with E-state index in [9.17, 15) is 14.4 Å². The maximum atomic E-state index is 12.9. The number of halogens is 1. The molecule has 1 saturated heterocycles. The highest BCUT2D eigenvalue weighted by Crippen LogP contribution is 2.38. The molecule has 184 valence electrons. The number of rotatable bonds is 10. The first-order valence-corrected chi connectivity index (χ1v) is 12.8. The van der Waals surface area contributed by atoms with Crippen LogP contribution in [0.25, 0.3) is 6.08 Å². The van der Waals surface area contributed by atoms with Gasteiger partial charge >= 0.3 is 5.97 Å². The van der Waals surface area contributed by atoms with E-state index in [-0.39, 0.29) is 11.5 Å². The summed E-state index contributed by atoms with van der Waals surface area (Å²) < 4.78 is 17.8. The molecule has 0 aliphatic carbocycles. The first-order chi connectivity index (χ1) is 16.8. The zero-order valence-electron chi connectivity index (χ0n) is 19.7. The number of carbonyl (C=O) groups excluding carboxylic acids is 3. The number of esters is 1. The molecule has 1 aliphatic rings. The Morgan fingerprint density at radius 1 is 1.23 bits per heavy atom. The standard InChI is InChI=1S/C26H26INO6S/c1-5-7-19-12-18(13-21(32-4)23(19)34-15-17-8-10-20(27)11-9-17)14-22-24(29)28(26(31)35-22)16(3)25(30)33-6-2/h5,8-14,16H,1,6-7,15H2,2-4H3/b22-14+/t16-/m1/s1. The van der Waals surface area contributed by atoms with Gasteiger partial charge in [-0.15, -0.1) is 6.58 Å². The van der Waals surface area contributed by atoms with Crippen LogP contribution in [0.5, 0.6) is 11.5 Å². The molecule has 35 heavy (non-hydrogen) atoms. The Kier molecular flexibility index (Phi) is 9.39. The number of hydrogen-bond acceptors (Lipinski definition) is 7. The first kappa shape index (κ1) is 26.8. The van der Waals surface area contributed by atoms with Crippen molar-refractivity contribution in [1.29, 1.82) is 0 Å². The Morgan fingerprint density at radius 3 is 2.57 bits per heavy atom. The van der Waals surface area contributed by atoms with Crippen molar-refractivity contribution in [3.05, 3.63) is 74.2 Å². The SMILES string of the molecule is C=CCc1cc(/C=C2/SC(=O)N([C@H](C)C(=O)OCC)C2=O)cc(OC)c1OCc1ccc(I)cc1. The van der Waals surface area contributed by atoms with Crippen molar-refractivity contribution in [2.75, 3.05) is 13.7 Å². The average Bonchev–Trinajstić information content (AvgIpc) is 3.11. The molecule has 0 bridgehead atoms. The lowest BCUT2D eigenvalue weighted by atomic mass is 10.0. The monoisotopic (exact) mass is 607 g/mol. The number of ether oxygens (including phenoxy) is 3. The van der Waals surface area contributed by atoms with Crippen LogP contribution in [-0.4, -0.2) is 41.8 Å². The van der Waals surface area contributed by atoms with Crippen molar-refractivity contribution in [3.8, 4) is 11.5 Å². The molecular weight excluding hydrogens is 581 g/mol. The van der Waals surface area contributed by atoms with Crippen molar-refractivity contribution in [2.24, 2.45) is 0 Å². The number of thioether (sulfide) groups is 1. The Hall–Kier alpha value is -2.79. The molecule has 2 amide bonds. The summed E-state index contributed by atoms with van der Waals surface area (Å²) in [7, 11) is 1.55. The molecule has 0 spiro atoms. The van der Waals surface area contributed by atoms with Crippen LogP contribution in [0.15, 0.2) is 54.0 Å². The molecule has 0 saturated carbocycles. The Bertz CT molecular complexity index is 1160. The lowest BCUT2D eigenvalue weighted by Gasteiger charge is -2.19. The maximum absolute atomic E-state index is 12.9. The van der Waals surface area contributed by atoms with E-state index < -0.39 is 23.2 Å². The molecule has 0 unspecified atom stereocenters. The molecule has 0 aromatic heterocycles. The molecule has 7 nitrogen and oxygen atoms in total. The van der Waals surface area contributed by atoms with Gasteiger partial charge in [-0.3, -0.25) is 14.5 Å². The number of hydrogen-bond donors (Lipinski definition) is 0. The molecule has 1 atom stereocenters. The number of amides is 2. The number of benzene rings is 2. The summed E-state index contributed by atoms with van der Waals surface area (Å²) in [6, 6.07) is 10.7. The van der Waals surface area contributed by atoms with Crippen LogP contribution in [0.2, 0.25) is 0 Å². The van der Waals surface area contributed by atoms with E-state index in [0.29, 0.717) is 30.1 Å². The van der Waals surface area contributed by atoms with Gasteiger partial charge in [-0.25, -0.2) is 4.79 Å². The van der Waals surface area contributed by atoms with Crippen LogP contribution in [0.1, 0.15) is 30.5 Å². The minimum Gasteiger partial charge on any atom is -0.493 e. The van der Waals surface area contributed by atoms with E-state index in [1.165, 1.54) is 6.92 Å². The van der Waals surface area contributed by atoms with Gasteiger partial charge in [0.25, 0.3) is 11.1 Å². The van der Waals surface area contributed by atoms with Gasteiger partial charge < -0.3 is 14.2 Å². The number of allylic oxidation sites excluding steroid dienone is 1. The maximum Gasteiger partial charge on any atom is 0.329 e. The second-order valence-corrected chi connectivity index (χ2v) is 9.84. The van der Waals surface area contributed by atoms with E-state index in [1.54, 1.807) is 32.3 Å². The van der Waals surface area contributed by atoms with Crippen molar-refractivity contribution in [2.45, 2.75) is 32.9 Å². The van der Waals surface area contributed by atoms with Gasteiger partial charge in [-0.1, -0.05) is 18.2 Å². The molecular formula is C26H26INO6S. The molecule has 1 fully saturated rings. The third kappa shape index (κ3) is 6.46. The summed E-state index contributed by atoms with van der Waals surface area (Å²) in [5.74, 6) is -0.0724. The van der Waals surface area contributed by atoms with Crippen LogP contribution in [0, 0.1) is 3.57 Å². The van der Waals surface area contributed by atoms with Gasteiger partial charge in [-0.05, 0) is 96.1 Å². The van der Waals surface area contributed by atoms with Crippen LogP contribution in [0.3, 0.4) is 0 Å². The molecule has 3 rings (SSSR count). The minimum atomic E-state index is -1.00. The summed E-state index contributed by atoms with van der Waals surface area (Å²) in [5.41, 5.74) is 2.51. The number of imide groups is 1. The quantitative estimate of drug-likeness (QED) is 0.151. The first-order valence-electron chi connectivity index (χ1n) is 10.9. The second kappa shape index (κ2) is 12.3. The van der Waals surface area contributed by atoms with E-state index in [0.717, 1.165) is 31.4 Å². The molecule has 9 heteroatoms. The fourth-order valence-corrected chi connectivity index (χ4v) is 4.73. The third-order valence-electron chi connectivity index (χ3n) is 5.17. The predicted molar refractivity (Wildman–Crippen MR) is 144 cm³/mol. The fraction of sp³-hybridized carbons (Fsp3) is 0.269. The van der Waals surface area contributed by atoms with Crippen molar-refractivity contribution in [1.82, 2.24) is 4.90 Å². The van der Waals surface area contributed by atoms with Gasteiger partial charge in [-0.2, -0.15) is 0 Å². The summed E-state index contributed by atoms with van der Waals surface area (Å²) in [5, 5.41) is -0.516. The number of methoxy groups -OCH3 is 1. The van der Waals surface area contributed by atoms with Crippen LogP contribution >= 0.6 is 34.4 Å². The Morgan fingerprint density at radius 2 is 1.94 bits per heavy atom. The van der Waals surface area contributed by atoms with Crippen molar-refractivity contribution < 1.29 is 28.6 Å². The molecule has 1 heterocycles. The van der Waals surface area contributed by atoms with Gasteiger partial charge in [0.05, 0.1) is 18.6 Å². The summed E-state index contributed by atoms with van der Waals surface area (Å²) in [4.78, 5) is 38.6. The van der Waals surface area contributed by atoms with E-state index in [1.807, 2.05) is 30.3 Å². The lowest BCUT2D eigenvalue weighted by Crippen LogP contribution is -2.42. The topological polar surface area (TPSA) is 82.1 Å². The summed E-state index contributed by atoms with van der Waals surface area (Å²) in [6.07, 6.45) is 3.88. The van der Waals surface area contributed by atoms with Gasteiger partial charge in [0.2, 0.25) is 0 Å². The van der Waals surface area contributed by atoms with Crippen molar-refractivity contribution >= 4 is 57.5 Å². The Balaban J connectivity index is 1.89. The molecule has 0 N–H and O–H groups in total. The highest BCUT2D eigenvalue weighted by atomic mass is 127. The van der Waals surface area contributed by atoms with Crippen LogP contribution in [0.4, 0.5) is 4.79 Å². The largest absolute Gasteiger partial charge is 0.493 e. The fourth-order valence-electron chi connectivity index (χ4n) is 3.46. The second-order valence-electron chi connectivity index (χ2n) is 7.60. The van der Waals surface area contributed by atoms with Crippen LogP contribution in [-0.2, 0) is 27.4 Å². The van der Waals surface area contributed by atoms with E-state index in [2.05, 4.69) is 29.2 Å². The minimum absolute atomic E-state index is 0.166. The van der Waals surface area contributed by atoms with E-state index >= 15 is 0 Å². The highest BCUT2D eigenvalue weighted by molar-refractivity contribution is 14.1. The van der Waals surface area contributed by atoms with Gasteiger partial charge in [0.15, 0.2) is 11.5 Å². The van der Waals surface area contributed by atoms with Gasteiger partial charge in [0.1, 0.15) is 12.6 Å². The van der Waals surface area contributed by atoms with Crippen molar-refractivity contribution in [3.63, 3.8) is 0 Å². The lowest BCUT2D eigenvalue weighted by molar-refractivity contribution is -0.150. The average molecular weight is 607 g/mol. The molecule has 2 aromatic rings.